The van der Waals surface area contributed by atoms with Crippen LogP contribution in [0.4, 0.5) is 15.8 Å². The largest absolute Gasteiger partial charge is 0.496 e. The highest BCUT2D eigenvalue weighted by atomic mass is 35.5. The quantitative estimate of drug-likeness (QED) is 0.590. The highest BCUT2D eigenvalue weighted by Gasteiger charge is 2.25. The number of nitrogens with zero attached hydrogens (tertiary/aromatic N) is 2. The van der Waals surface area contributed by atoms with Crippen LogP contribution in [0.15, 0.2) is 66.7 Å². The maximum Gasteiger partial charge on any atom is 0.258 e. The van der Waals surface area contributed by atoms with E-state index in [2.05, 4.69) is 10.2 Å². The molecule has 6 nitrogen and oxygen atoms in total. The maximum absolute atomic E-state index is 13.8. The van der Waals surface area contributed by atoms with Crippen LogP contribution in [0, 0.1) is 5.82 Å². The van der Waals surface area contributed by atoms with Crippen LogP contribution < -0.4 is 15.0 Å². The molecule has 0 radical (unpaired) electrons. The lowest BCUT2D eigenvalue weighted by molar-refractivity contribution is 0.0743. The molecule has 1 saturated heterocycles. The number of methoxy groups -OCH3 is 1. The summed E-state index contributed by atoms with van der Waals surface area (Å²) < 4.78 is 19.1. The van der Waals surface area contributed by atoms with E-state index in [4.69, 9.17) is 16.3 Å². The molecule has 0 unspecified atom stereocenters. The van der Waals surface area contributed by atoms with E-state index in [0.29, 0.717) is 48.2 Å². The molecule has 0 aromatic heterocycles. The molecular formula is C25H23ClFN3O3. The van der Waals surface area contributed by atoms with Gasteiger partial charge in [-0.2, -0.15) is 0 Å². The number of anilines is 2. The highest BCUT2D eigenvalue weighted by Crippen LogP contribution is 2.26. The van der Waals surface area contributed by atoms with Gasteiger partial charge in [0, 0.05) is 42.6 Å². The van der Waals surface area contributed by atoms with Gasteiger partial charge in [-0.15, -0.1) is 0 Å². The van der Waals surface area contributed by atoms with Crippen molar-refractivity contribution >= 4 is 34.8 Å². The Kier molecular flexibility index (Phi) is 6.79. The number of halogens is 2. The second kappa shape index (κ2) is 9.92. The summed E-state index contributed by atoms with van der Waals surface area (Å²) in [5.74, 6) is -0.668. The zero-order valence-corrected chi connectivity index (χ0v) is 18.8. The predicted octanol–water partition coefficient (Wildman–Crippen LogP) is 4.70. The molecule has 3 aromatic carbocycles. The highest BCUT2D eigenvalue weighted by molar-refractivity contribution is 6.31. The molecule has 1 aliphatic heterocycles. The normalized spacial score (nSPS) is 13.5. The fourth-order valence-electron chi connectivity index (χ4n) is 3.78. The first-order valence-electron chi connectivity index (χ1n) is 10.5. The van der Waals surface area contributed by atoms with Gasteiger partial charge < -0.3 is 19.9 Å². The first kappa shape index (κ1) is 22.6. The number of carbonyl (C=O) groups excluding carboxylic acids is 2. The first-order chi connectivity index (χ1) is 16.0. The number of hydrogen-bond donors (Lipinski definition) is 1. The zero-order chi connectivity index (χ0) is 23.4. The first-order valence-corrected chi connectivity index (χ1v) is 10.9. The van der Waals surface area contributed by atoms with Gasteiger partial charge in [-0.25, -0.2) is 4.39 Å². The molecule has 33 heavy (non-hydrogen) atoms. The molecule has 0 bridgehead atoms. The monoisotopic (exact) mass is 467 g/mol. The molecule has 170 valence electrons. The lowest BCUT2D eigenvalue weighted by Crippen LogP contribution is -2.48. The summed E-state index contributed by atoms with van der Waals surface area (Å²) in [5.41, 5.74) is 2.01. The average Bonchev–Trinajstić information content (AvgIpc) is 2.84. The SMILES string of the molecule is COc1ccc(Cl)cc1C(=O)N1CCN(c2ccc(NC(=O)c3ccccc3F)cc2)CC1. The lowest BCUT2D eigenvalue weighted by atomic mass is 10.1. The summed E-state index contributed by atoms with van der Waals surface area (Å²) >= 11 is 6.07. The maximum atomic E-state index is 13.8. The van der Waals surface area contributed by atoms with Crippen molar-refractivity contribution in [3.63, 3.8) is 0 Å². The molecular weight excluding hydrogens is 445 g/mol. The number of amides is 2. The van der Waals surface area contributed by atoms with E-state index >= 15 is 0 Å². The van der Waals surface area contributed by atoms with E-state index in [1.54, 1.807) is 47.4 Å². The Morgan fingerprint density at radius 1 is 0.939 bits per heavy atom. The number of nitrogens with one attached hydrogen (secondary N) is 1. The molecule has 4 rings (SSSR count). The number of ether oxygens (including phenoxy) is 1. The van der Waals surface area contributed by atoms with E-state index in [0.717, 1.165) is 5.69 Å². The number of carbonyl (C=O) groups is 2. The van der Waals surface area contributed by atoms with Gasteiger partial charge in [0.2, 0.25) is 0 Å². The molecule has 0 atom stereocenters. The van der Waals surface area contributed by atoms with Gasteiger partial charge in [-0.3, -0.25) is 9.59 Å². The Bertz CT molecular complexity index is 1160. The van der Waals surface area contributed by atoms with Gasteiger partial charge in [-0.1, -0.05) is 23.7 Å². The molecule has 0 spiro atoms. The molecule has 0 saturated carbocycles. The molecule has 8 heteroatoms. The van der Waals surface area contributed by atoms with Crippen LogP contribution in [-0.2, 0) is 0 Å². The van der Waals surface area contributed by atoms with Gasteiger partial charge >= 0.3 is 0 Å². The van der Waals surface area contributed by atoms with E-state index in [1.807, 2.05) is 12.1 Å². The van der Waals surface area contributed by atoms with Crippen molar-refractivity contribution in [3.05, 3.63) is 88.7 Å². The van der Waals surface area contributed by atoms with Crippen molar-refractivity contribution in [2.45, 2.75) is 0 Å². The van der Waals surface area contributed by atoms with Crippen molar-refractivity contribution < 1.29 is 18.7 Å². The number of piperazine rings is 1. The van der Waals surface area contributed by atoms with Crippen molar-refractivity contribution in [2.24, 2.45) is 0 Å². The molecule has 1 N–H and O–H groups in total. The predicted molar refractivity (Wildman–Crippen MR) is 127 cm³/mol. The minimum Gasteiger partial charge on any atom is -0.496 e. The van der Waals surface area contributed by atoms with Crippen molar-refractivity contribution in [2.75, 3.05) is 43.5 Å². The second-order valence-electron chi connectivity index (χ2n) is 7.60. The Labute approximate surface area is 196 Å². The van der Waals surface area contributed by atoms with Crippen molar-refractivity contribution in [3.8, 4) is 5.75 Å². The van der Waals surface area contributed by atoms with Gasteiger partial charge in [-0.05, 0) is 54.6 Å². The summed E-state index contributed by atoms with van der Waals surface area (Å²) in [4.78, 5) is 29.2. The van der Waals surface area contributed by atoms with E-state index in [1.165, 1.54) is 19.2 Å². The van der Waals surface area contributed by atoms with Gasteiger partial charge in [0.1, 0.15) is 11.6 Å². The molecule has 3 aromatic rings. The number of hydrogen-bond acceptors (Lipinski definition) is 4. The van der Waals surface area contributed by atoms with Crippen molar-refractivity contribution in [1.82, 2.24) is 4.90 Å². The minimum atomic E-state index is -0.561. The molecule has 2 amide bonds. The van der Waals surface area contributed by atoms with Crippen LogP contribution in [0.2, 0.25) is 5.02 Å². The second-order valence-corrected chi connectivity index (χ2v) is 8.04. The van der Waals surface area contributed by atoms with Crippen molar-refractivity contribution in [1.29, 1.82) is 0 Å². The van der Waals surface area contributed by atoms with Crippen LogP contribution >= 0.6 is 11.6 Å². The van der Waals surface area contributed by atoms with Gasteiger partial charge in [0.05, 0.1) is 18.2 Å². The molecule has 1 heterocycles. The number of benzene rings is 3. The fraction of sp³-hybridized carbons (Fsp3) is 0.200. The van der Waals surface area contributed by atoms with E-state index < -0.39 is 11.7 Å². The molecule has 0 aliphatic carbocycles. The summed E-state index contributed by atoms with van der Waals surface area (Å²) in [7, 11) is 1.53. The van der Waals surface area contributed by atoms with Crippen LogP contribution in [0.5, 0.6) is 5.75 Å². The third-order valence-corrected chi connectivity index (χ3v) is 5.80. The smallest absolute Gasteiger partial charge is 0.258 e. The van der Waals surface area contributed by atoms with Crippen LogP contribution in [0.25, 0.3) is 0 Å². The standard InChI is InChI=1S/C25H23ClFN3O3/c1-33-23-11-6-17(26)16-21(23)25(32)30-14-12-29(13-15-30)19-9-7-18(8-10-19)28-24(31)20-4-2-3-5-22(20)27/h2-11,16H,12-15H2,1H3,(H,28,31). The van der Waals surface area contributed by atoms with Gasteiger partial charge in [0.25, 0.3) is 11.8 Å². The Hall–Kier alpha value is -3.58. The molecule has 1 aliphatic rings. The third kappa shape index (κ3) is 5.09. The zero-order valence-electron chi connectivity index (χ0n) is 18.1. The Balaban J connectivity index is 1.36. The fourth-order valence-corrected chi connectivity index (χ4v) is 3.96. The summed E-state index contributed by atoms with van der Waals surface area (Å²) in [6.45, 7) is 2.44. The van der Waals surface area contributed by atoms with E-state index in [-0.39, 0.29) is 11.5 Å². The Morgan fingerprint density at radius 3 is 2.30 bits per heavy atom. The topological polar surface area (TPSA) is 61.9 Å². The summed E-state index contributed by atoms with van der Waals surface area (Å²) in [5, 5.41) is 3.20. The van der Waals surface area contributed by atoms with Crippen LogP contribution in [-0.4, -0.2) is 50.0 Å². The summed E-state index contributed by atoms with van der Waals surface area (Å²) in [6.07, 6.45) is 0. The lowest BCUT2D eigenvalue weighted by Gasteiger charge is -2.36. The third-order valence-electron chi connectivity index (χ3n) is 5.57. The average molecular weight is 468 g/mol. The van der Waals surface area contributed by atoms with Crippen LogP contribution in [0.3, 0.4) is 0 Å². The number of rotatable bonds is 5. The van der Waals surface area contributed by atoms with E-state index in [9.17, 15) is 14.0 Å². The Morgan fingerprint density at radius 2 is 1.64 bits per heavy atom. The van der Waals surface area contributed by atoms with Crippen LogP contribution in [0.1, 0.15) is 20.7 Å². The molecule has 1 fully saturated rings. The van der Waals surface area contributed by atoms with Gasteiger partial charge in [0.15, 0.2) is 0 Å². The summed E-state index contributed by atoms with van der Waals surface area (Å²) in [6, 6.07) is 18.2. The minimum absolute atomic E-state index is 0.00120.